The number of benzene rings is 1. The molecule has 108 valence electrons. The number of hydrogen-bond acceptors (Lipinski definition) is 2. The molecular weight excluding hydrogens is 261 g/mol. The van der Waals surface area contributed by atoms with Gasteiger partial charge in [-0.2, -0.15) is 0 Å². The lowest BCUT2D eigenvalue weighted by molar-refractivity contribution is -0.143. The van der Waals surface area contributed by atoms with E-state index in [1.165, 1.54) is 12.1 Å². The second kappa shape index (κ2) is 6.03. The molecule has 4 nitrogen and oxygen atoms in total. The minimum atomic E-state index is -0.814. The number of rotatable bonds is 3. The molecule has 0 heterocycles. The van der Waals surface area contributed by atoms with E-state index in [4.69, 9.17) is 5.11 Å². The van der Waals surface area contributed by atoms with E-state index in [1.807, 2.05) is 0 Å². The minimum absolute atomic E-state index is 0.152. The smallest absolute Gasteiger partial charge is 0.306 e. The van der Waals surface area contributed by atoms with Gasteiger partial charge in [-0.15, -0.1) is 0 Å². The van der Waals surface area contributed by atoms with Crippen molar-refractivity contribution in [3.8, 4) is 0 Å². The summed E-state index contributed by atoms with van der Waals surface area (Å²) in [6.45, 7) is 1.72. The Morgan fingerprint density at radius 2 is 2.05 bits per heavy atom. The number of aryl methyl sites for hydroxylation is 1. The molecule has 2 N–H and O–H groups in total. The lowest BCUT2D eigenvalue weighted by atomic mass is 9.85. The van der Waals surface area contributed by atoms with Gasteiger partial charge in [0.2, 0.25) is 0 Å². The molecule has 1 aliphatic rings. The molecule has 0 saturated heterocycles. The number of aliphatic carboxylic acids is 1. The maximum atomic E-state index is 13.3. The number of halogens is 1. The van der Waals surface area contributed by atoms with Crippen molar-refractivity contribution < 1.29 is 19.1 Å². The van der Waals surface area contributed by atoms with Gasteiger partial charge < -0.3 is 10.4 Å². The summed E-state index contributed by atoms with van der Waals surface area (Å²) in [6.07, 6.45) is 2.64. The highest BCUT2D eigenvalue weighted by molar-refractivity contribution is 5.94. The molecule has 1 aromatic rings. The molecule has 1 amide bonds. The summed E-state index contributed by atoms with van der Waals surface area (Å²) >= 11 is 0. The molecular formula is C15H18FNO3. The Balaban J connectivity index is 2.02. The first-order chi connectivity index (χ1) is 9.45. The van der Waals surface area contributed by atoms with Gasteiger partial charge in [0, 0.05) is 11.6 Å². The van der Waals surface area contributed by atoms with Crippen molar-refractivity contribution in [1.82, 2.24) is 5.32 Å². The van der Waals surface area contributed by atoms with Crippen molar-refractivity contribution in [3.05, 3.63) is 35.1 Å². The lowest BCUT2D eigenvalue weighted by Gasteiger charge is -2.27. The summed E-state index contributed by atoms with van der Waals surface area (Å²) in [7, 11) is 0. The predicted molar refractivity (Wildman–Crippen MR) is 72.0 cm³/mol. The number of amides is 1. The fourth-order valence-corrected chi connectivity index (χ4v) is 2.68. The van der Waals surface area contributed by atoms with Crippen LogP contribution in [0.4, 0.5) is 4.39 Å². The van der Waals surface area contributed by atoms with Crippen LogP contribution in [0.3, 0.4) is 0 Å². The number of nitrogens with one attached hydrogen (secondary N) is 1. The monoisotopic (exact) mass is 279 g/mol. The lowest BCUT2D eigenvalue weighted by Crippen LogP contribution is -2.40. The Bertz CT molecular complexity index is 510. The van der Waals surface area contributed by atoms with Crippen LogP contribution in [0.15, 0.2) is 18.2 Å². The quantitative estimate of drug-likeness (QED) is 0.893. The Kier molecular flexibility index (Phi) is 4.37. The zero-order valence-electron chi connectivity index (χ0n) is 11.4. The Hall–Kier alpha value is -1.91. The van der Waals surface area contributed by atoms with Crippen LogP contribution in [0.2, 0.25) is 0 Å². The van der Waals surface area contributed by atoms with E-state index >= 15 is 0 Å². The number of carboxylic acid groups (broad SMARTS) is 1. The van der Waals surface area contributed by atoms with Crippen molar-refractivity contribution >= 4 is 11.9 Å². The molecule has 0 aliphatic heterocycles. The fourth-order valence-electron chi connectivity index (χ4n) is 2.68. The van der Waals surface area contributed by atoms with Gasteiger partial charge in [0.15, 0.2) is 0 Å². The summed E-state index contributed by atoms with van der Waals surface area (Å²) < 4.78 is 13.3. The van der Waals surface area contributed by atoms with E-state index in [0.717, 1.165) is 12.8 Å². The Morgan fingerprint density at radius 1 is 1.30 bits per heavy atom. The molecule has 2 unspecified atom stereocenters. The molecule has 2 rings (SSSR count). The van der Waals surface area contributed by atoms with Crippen LogP contribution < -0.4 is 5.32 Å². The molecule has 20 heavy (non-hydrogen) atoms. The van der Waals surface area contributed by atoms with Gasteiger partial charge >= 0.3 is 5.97 Å². The predicted octanol–water partition coefficient (Wildman–Crippen LogP) is 2.51. The van der Waals surface area contributed by atoms with Gasteiger partial charge in [-0.3, -0.25) is 9.59 Å². The van der Waals surface area contributed by atoms with E-state index in [9.17, 15) is 14.0 Å². The van der Waals surface area contributed by atoms with Crippen LogP contribution in [0.1, 0.15) is 41.6 Å². The van der Waals surface area contributed by atoms with Crippen LogP contribution in [-0.2, 0) is 4.79 Å². The molecule has 1 saturated carbocycles. The molecule has 2 atom stereocenters. The largest absolute Gasteiger partial charge is 0.481 e. The van der Waals surface area contributed by atoms with E-state index < -0.39 is 17.7 Å². The van der Waals surface area contributed by atoms with Gasteiger partial charge in [0.05, 0.1) is 5.92 Å². The molecule has 0 aromatic heterocycles. The van der Waals surface area contributed by atoms with Crippen molar-refractivity contribution in [1.29, 1.82) is 0 Å². The first-order valence-corrected chi connectivity index (χ1v) is 6.76. The van der Waals surface area contributed by atoms with Crippen molar-refractivity contribution in [2.75, 3.05) is 0 Å². The van der Waals surface area contributed by atoms with E-state index in [2.05, 4.69) is 5.32 Å². The third-order valence-electron chi connectivity index (χ3n) is 3.66. The van der Waals surface area contributed by atoms with E-state index in [-0.39, 0.29) is 17.5 Å². The zero-order chi connectivity index (χ0) is 14.7. The van der Waals surface area contributed by atoms with Crippen LogP contribution in [-0.4, -0.2) is 23.0 Å². The minimum Gasteiger partial charge on any atom is -0.481 e. The average molecular weight is 279 g/mol. The third-order valence-corrected chi connectivity index (χ3v) is 3.66. The summed E-state index contributed by atoms with van der Waals surface area (Å²) in [5.74, 6) is -2.00. The highest BCUT2D eigenvalue weighted by atomic mass is 19.1. The number of carbonyl (C=O) groups excluding carboxylic acids is 1. The van der Waals surface area contributed by atoms with Gasteiger partial charge in [0.25, 0.3) is 5.91 Å². The van der Waals surface area contributed by atoms with Gasteiger partial charge in [-0.05, 0) is 49.9 Å². The highest BCUT2D eigenvalue weighted by Crippen LogP contribution is 2.24. The highest BCUT2D eigenvalue weighted by Gasteiger charge is 2.28. The summed E-state index contributed by atoms with van der Waals surface area (Å²) in [6, 6.07) is 4.02. The summed E-state index contributed by atoms with van der Waals surface area (Å²) in [5, 5.41) is 11.8. The van der Waals surface area contributed by atoms with Gasteiger partial charge in [-0.25, -0.2) is 4.39 Å². The van der Waals surface area contributed by atoms with Crippen molar-refractivity contribution in [2.45, 2.75) is 38.6 Å². The summed E-state index contributed by atoms with van der Waals surface area (Å²) in [5.41, 5.74) is 0.960. The molecule has 0 bridgehead atoms. The van der Waals surface area contributed by atoms with Crippen LogP contribution >= 0.6 is 0 Å². The maximum absolute atomic E-state index is 13.3. The molecule has 1 aliphatic carbocycles. The first kappa shape index (κ1) is 14.5. The average Bonchev–Trinajstić information content (AvgIpc) is 2.37. The normalized spacial score (nSPS) is 22.3. The molecule has 5 heteroatoms. The topological polar surface area (TPSA) is 66.4 Å². The Morgan fingerprint density at radius 3 is 2.70 bits per heavy atom. The standard InChI is InChI=1S/C15H18FNO3/c1-9-5-11(7-12(16)6-9)14(18)17-13-4-2-3-10(8-13)15(19)20/h5-7,10,13H,2-4,8H2,1H3,(H,17,18)(H,19,20). The molecule has 1 aromatic carbocycles. The molecule has 1 fully saturated rings. The van der Waals surface area contributed by atoms with Crippen LogP contribution in [0.25, 0.3) is 0 Å². The maximum Gasteiger partial charge on any atom is 0.306 e. The first-order valence-electron chi connectivity index (χ1n) is 6.76. The van der Waals surface area contributed by atoms with Gasteiger partial charge in [-0.1, -0.05) is 6.42 Å². The third kappa shape index (κ3) is 3.56. The summed E-state index contributed by atoms with van der Waals surface area (Å²) in [4.78, 5) is 23.1. The number of carboxylic acids is 1. The fraction of sp³-hybridized carbons (Fsp3) is 0.467. The Labute approximate surface area is 117 Å². The second-order valence-electron chi connectivity index (χ2n) is 5.39. The van der Waals surface area contributed by atoms with Crippen LogP contribution in [0, 0.1) is 18.7 Å². The molecule has 0 radical (unpaired) electrons. The SMILES string of the molecule is Cc1cc(F)cc(C(=O)NC2CCCC(C(=O)O)C2)c1. The van der Waals surface area contributed by atoms with E-state index in [1.54, 1.807) is 13.0 Å². The van der Waals surface area contributed by atoms with E-state index in [0.29, 0.717) is 18.4 Å². The van der Waals surface area contributed by atoms with Gasteiger partial charge in [0.1, 0.15) is 5.82 Å². The van der Waals surface area contributed by atoms with Crippen molar-refractivity contribution in [2.24, 2.45) is 5.92 Å². The zero-order valence-corrected chi connectivity index (χ0v) is 11.4. The van der Waals surface area contributed by atoms with Crippen molar-refractivity contribution in [3.63, 3.8) is 0 Å². The van der Waals surface area contributed by atoms with Crippen LogP contribution in [0.5, 0.6) is 0 Å². The second-order valence-corrected chi connectivity index (χ2v) is 5.39. The number of carbonyl (C=O) groups is 2. The molecule has 0 spiro atoms. The number of hydrogen-bond donors (Lipinski definition) is 2.